The van der Waals surface area contributed by atoms with Crippen LogP contribution in [0.4, 0.5) is 0 Å². The molecule has 0 aliphatic rings. The summed E-state index contributed by atoms with van der Waals surface area (Å²) in [5, 5.41) is 3.68. The molecule has 1 N–H and O–H groups in total. The number of carbonyl (C=O) groups excluding carboxylic acids is 2. The second-order valence-corrected chi connectivity index (χ2v) is 8.11. The zero-order chi connectivity index (χ0) is 22.8. The summed E-state index contributed by atoms with van der Waals surface area (Å²) in [6, 6.07) is 14.6. The molecule has 6 heteroatoms. The van der Waals surface area contributed by atoms with Crippen molar-refractivity contribution in [2.75, 3.05) is 7.11 Å². The molecule has 0 saturated heterocycles. The monoisotopic (exact) mass is 444 g/mol. The number of methoxy groups -OCH3 is 1. The van der Waals surface area contributed by atoms with Crippen LogP contribution in [0.25, 0.3) is 0 Å². The van der Waals surface area contributed by atoms with E-state index < -0.39 is 6.04 Å². The highest BCUT2D eigenvalue weighted by molar-refractivity contribution is 6.31. The molecule has 2 atom stereocenters. The first kappa shape index (κ1) is 24.7. The highest BCUT2D eigenvalue weighted by atomic mass is 35.5. The molecule has 2 rings (SSSR count). The number of halogens is 1. The van der Waals surface area contributed by atoms with Gasteiger partial charge in [-0.1, -0.05) is 55.8 Å². The summed E-state index contributed by atoms with van der Waals surface area (Å²) in [5.41, 5.74) is 1.84. The minimum absolute atomic E-state index is 0.0541. The van der Waals surface area contributed by atoms with Gasteiger partial charge in [0.15, 0.2) is 0 Å². The van der Waals surface area contributed by atoms with Crippen LogP contribution in [0.3, 0.4) is 0 Å². The Morgan fingerprint density at radius 2 is 1.84 bits per heavy atom. The maximum absolute atomic E-state index is 13.3. The molecule has 0 unspecified atom stereocenters. The van der Waals surface area contributed by atoms with Gasteiger partial charge in [0, 0.05) is 24.0 Å². The normalized spacial score (nSPS) is 12.7. The Morgan fingerprint density at radius 1 is 1.10 bits per heavy atom. The molecule has 0 spiro atoms. The van der Waals surface area contributed by atoms with Crippen molar-refractivity contribution >= 4 is 23.4 Å². The molecule has 31 heavy (non-hydrogen) atoms. The van der Waals surface area contributed by atoms with Gasteiger partial charge in [-0.25, -0.2) is 0 Å². The van der Waals surface area contributed by atoms with Crippen molar-refractivity contribution in [2.24, 2.45) is 0 Å². The van der Waals surface area contributed by atoms with Gasteiger partial charge in [-0.3, -0.25) is 9.59 Å². The van der Waals surface area contributed by atoms with Crippen LogP contribution in [0.5, 0.6) is 5.75 Å². The fourth-order valence-corrected chi connectivity index (χ4v) is 3.64. The predicted octanol–water partition coefficient (Wildman–Crippen LogP) is 5.00. The molecule has 0 aliphatic carbocycles. The third kappa shape index (κ3) is 7.28. The molecular weight excluding hydrogens is 412 g/mol. The van der Waals surface area contributed by atoms with Gasteiger partial charge in [0.05, 0.1) is 7.11 Å². The number of nitrogens with one attached hydrogen (secondary N) is 1. The smallest absolute Gasteiger partial charge is 0.243 e. The second kappa shape index (κ2) is 12.4. The summed E-state index contributed by atoms with van der Waals surface area (Å²) in [4.78, 5) is 28.0. The van der Waals surface area contributed by atoms with Gasteiger partial charge in [-0.05, 0) is 55.5 Å². The summed E-state index contributed by atoms with van der Waals surface area (Å²) in [5.74, 6) is 0.526. The van der Waals surface area contributed by atoms with Crippen molar-refractivity contribution in [1.29, 1.82) is 0 Å². The van der Waals surface area contributed by atoms with Crippen LogP contribution in [0, 0.1) is 0 Å². The van der Waals surface area contributed by atoms with E-state index in [4.69, 9.17) is 16.3 Å². The van der Waals surface area contributed by atoms with Gasteiger partial charge in [0.25, 0.3) is 0 Å². The quantitative estimate of drug-likeness (QED) is 0.530. The van der Waals surface area contributed by atoms with E-state index in [1.54, 1.807) is 12.0 Å². The summed E-state index contributed by atoms with van der Waals surface area (Å²) in [6.07, 6.45) is 2.17. The lowest BCUT2D eigenvalue weighted by atomic mass is 10.1. The van der Waals surface area contributed by atoms with E-state index >= 15 is 0 Å². The maximum Gasteiger partial charge on any atom is 0.243 e. The minimum atomic E-state index is -0.543. The van der Waals surface area contributed by atoms with Crippen LogP contribution in [0.1, 0.15) is 51.2 Å². The number of hydrogen-bond acceptors (Lipinski definition) is 3. The highest BCUT2D eigenvalue weighted by Crippen LogP contribution is 2.21. The van der Waals surface area contributed by atoms with Crippen molar-refractivity contribution in [3.8, 4) is 5.75 Å². The largest absolute Gasteiger partial charge is 0.497 e. The number of aryl methyl sites for hydroxylation is 1. The molecule has 5 nitrogen and oxygen atoms in total. The first-order valence-corrected chi connectivity index (χ1v) is 11.2. The van der Waals surface area contributed by atoms with Crippen molar-refractivity contribution in [3.05, 3.63) is 64.7 Å². The third-order valence-corrected chi connectivity index (χ3v) is 5.81. The fourth-order valence-electron chi connectivity index (χ4n) is 3.41. The molecule has 0 heterocycles. The topological polar surface area (TPSA) is 58.6 Å². The highest BCUT2D eigenvalue weighted by Gasteiger charge is 2.29. The van der Waals surface area contributed by atoms with E-state index in [1.807, 2.05) is 69.3 Å². The molecule has 0 fully saturated rings. The number of benzene rings is 2. The zero-order valence-corrected chi connectivity index (χ0v) is 19.6. The van der Waals surface area contributed by atoms with Gasteiger partial charge in [0.2, 0.25) is 11.8 Å². The van der Waals surface area contributed by atoms with Crippen molar-refractivity contribution in [2.45, 2.75) is 65.1 Å². The molecule has 2 aromatic carbocycles. The van der Waals surface area contributed by atoms with E-state index in [2.05, 4.69) is 5.32 Å². The van der Waals surface area contributed by atoms with Crippen molar-refractivity contribution in [3.63, 3.8) is 0 Å². The molecule has 0 aliphatic heterocycles. The van der Waals surface area contributed by atoms with Gasteiger partial charge >= 0.3 is 0 Å². The standard InChI is InChI=1S/C25H33ClN2O3/c1-5-18(3)27-25(30)23(6-2)28(17-19-10-9-12-21(16-19)31-4)24(29)15-14-20-11-7-8-13-22(20)26/h7-13,16,18,23H,5-6,14-15,17H2,1-4H3,(H,27,30)/t18-,23+/m0/s1. The first-order chi connectivity index (χ1) is 14.9. The number of carbonyl (C=O) groups is 2. The molecule has 2 amide bonds. The Kier molecular flexibility index (Phi) is 9.86. The van der Waals surface area contributed by atoms with Gasteiger partial charge in [-0.15, -0.1) is 0 Å². The lowest BCUT2D eigenvalue weighted by Crippen LogP contribution is -2.50. The molecule has 0 bridgehead atoms. The van der Waals surface area contributed by atoms with E-state index in [-0.39, 0.29) is 24.3 Å². The van der Waals surface area contributed by atoms with Crippen molar-refractivity contribution < 1.29 is 14.3 Å². The van der Waals surface area contributed by atoms with Crippen LogP contribution >= 0.6 is 11.6 Å². The van der Waals surface area contributed by atoms with E-state index in [1.165, 1.54) is 0 Å². The van der Waals surface area contributed by atoms with Gasteiger partial charge in [0.1, 0.15) is 11.8 Å². The molecular formula is C25H33ClN2O3. The summed E-state index contributed by atoms with van der Waals surface area (Å²) < 4.78 is 5.32. The maximum atomic E-state index is 13.3. The number of rotatable bonds is 11. The Hall–Kier alpha value is -2.53. The minimum Gasteiger partial charge on any atom is -0.497 e. The lowest BCUT2D eigenvalue weighted by molar-refractivity contribution is -0.141. The molecule has 0 radical (unpaired) electrons. The van der Waals surface area contributed by atoms with Crippen LogP contribution in [-0.2, 0) is 22.6 Å². The van der Waals surface area contributed by atoms with Crippen LogP contribution in [0.2, 0.25) is 5.02 Å². The van der Waals surface area contributed by atoms with Crippen LogP contribution in [-0.4, -0.2) is 35.9 Å². The number of ether oxygens (including phenoxy) is 1. The Morgan fingerprint density at radius 3 is 2.48 bits per heavy atom. The first-order valence-electron chi connectivity index (χ1n) is 10.9. The molecule has 2 aromatic rings. The summed E-state index contributed by atoms with van der Waals surface area (Å²) >= 11 is 6.26. The average Bonchev–Trinajstić information content (AvgIpc) is 2.78. The SMILES string of the molecule is CC[C@H](C(=O)N[C@@H](C)CC)N(Cc1cccc(OC)c1)C(=O)CCc1ccccc1Cl. The molecule has 0 aromatic heterocycles. The van der Waals surface area contributed by atoms with Crippen molar-refractivity contribution in [1.82, 2.24) is 10.2 Å². The second-order valence-electron chi connectivity index (χ2n) is 7.71. The lowest BCUT2D eigenvalue weighted by Gasteiger charge is -2.31. The number of amides is 2. The Labute approximate surface area is 190 Å². The number of hydrogen-bond donors (Lipinski definition) is 1. The predicted molar refractivity (Wildman–Crippen MR) is 125 cm³/mol. The van der Waals surface area contributed by atoms with E-state index in [0.29, 0.717) is 24.4 Å². The van der Waals surface area contributed by atoms with E-state index in [9.17, 15) is 9.59 Å². The van der Waals surface area contributed by atoms with Crippen LogP contribution in [0.15, 0.2) is 48.5 Å². The fraction of sp³-hybridized carbons (Fsp3) is 0.440. The average molecular weight is 445 g/mol. The third-order valence-electron chi connectivity index (χ3n) is 5.44. The zero-order valence-electron chi connectivity index (χ0n) is 18.9. The Balaban J connectivity index is 2.25. The van der Waals surface area contributed by atoms with Crippen LogP contribution < -0.4 is 10.1 Å². The van der Waals surface area contributed by atoms with Gasteiger partial charge in [-0.2, -0.15) is 0 Å². The Bertz CT molecular complexity index is 871. The summed E-state index contributed by atoms with van der Waals surface area (Å²) in [6.45, 7) is 6.26. The van der Waals surface area contributed by atoms with Gasteiger partial charge < -0.3 is 15.0 Å². The molecule has 0 saturated carbocycles. The number of nitrogens with zero attached hydrogens (tertiary/aromatic N) is 1. The van der Waals surface area contributed by atoms with E-state index in [0.717, 1.165) is 23.3 Å². The molecule has 168 valence electrons. The summed E-state index contributed by atoms with van der Waals surface area (Å²) in [7, 11) is 1.61.